The average Bonchev–Trinajstić information content (AvgIpc) is 1.87. The molecule has 0 aliphatic heterocycles. The first-order valence-corrected chi connectivity index (χ1v) is 3.55. The minimum atomic E-state index is -1.24. The number of rotatable bonds is 5. The minimum absolute atomic E-state index is 0. The molecule has 0 unspecified atom stereocenters. The Bertz CT molecular complexity index is 152. The molecule has 0 bridgehead atoms. The van der Waals surface area contributed by atoms with Crippen LogP contribution in [0.5, 0.6) is 0 Å². The summed E-state index contributed by atoms with van der Waals surface area (Å²) in [6, 6.07) is 0. The first kappa shape index (κ1) is 14.2. The fourth-order valence-electron chi connectivity index (χ4n) is 0.761. The normalized spacial score (nSPS) is 9.17. The number of carbonyl (C=O) groups is 2. The summed E-state index contributed by atoms with van der Waals surface area (Å²) in [5.41, 5.74) is 0. The van der Waals surface area contributed by atoms with Crippen LogP contribution in [0.3, 0.4) is 0 Å². The van der Waals surface area contributed by atoms with Gasteiger partial charge in [-0.1, -0.05) is 19.8 Å². The number of carboxylic acid groups (broad SMARTS) is 2. The Morgan fingerprint density at radius 2 is 1.75 bits per heavy atom. The molecule has 12 heavy (non-hydrogen) atoms. The summed E-state index contributed by atoms with van der Waals surface area (Å²) in [4.78, 5) is 20.5. The van der Waals surface area contributed by atoms with E-state index in [1.165, 1.54) is 0 Å². The van der Waals surface area contributed by atoms with Gasteiger partial charge < -0.3 is 13.1 Å². The van der Waals surface area contributed by atoms with Crippen LogP contribution in [0.4, 0.5) is 0 Å². The molecule has 2 N–H and O–H groups in total. The summed E-state index contributed by atoms with van der Waals surface area (Å²) >= 11 is 0. The van der Waals surface area contributed by atoms with Crippen molar-refractivity contribution in [2.75, 3.05) is 0 Å². The molecule has 0 rings (SSSR count). The summed E-state index contributed by atoms with van der Waals surface area (Å²) in [6.07, 6.45) is 1.68. The number of carboxylic acids is 2. The average molecular weight is 186 g/mol. The molecule has 68 valence electrons. The van der Waals surface area contributed by atoms with Crippen LogP contribution in [0.25, 0.3) is 0 Å². The number of hydrogen-bond acceptors (Lipinski definition) is 2. The third-order valence-electron chi connectivity index (χ3n) is 1.44. The Morgan fingerprint density at radius 1 is 1.33 bits per heavy atom. The number of hydrogen-bond donors (Lipinski definition) is 2. The third kappa shape index (κ3) is 5.37. The van der Waals surface area contributed by atoms with Gasteiger partial charge in [0.15, 0.2) is 5.92 Å². The van der Waals surface area contributed by atoms with Gasteiger partial charge in [0.2, 0.25) is 0 Å². The molecule has 0 saturated heterocycles. The van der Waals surface area contributed by atoms with Crippen molar-refractivity contribution >= 4 is 35.0 Å². The van der Waals surface area contributed by atoms with Gasteiger partial charge in [-0.3, -0.25) is 9.59 Å². The zero-order valence-corrected chi connectivity index (χ0v) is 8.53. The monoisotopic (exact) mass is 186 g/mol. The maximum Gasteiger partial charge on any atom is 2.00 e. The summed E-state index contributed by atoms with van der Waals surface area (Å²) in [5.74, 6) is -3.72. The van der Waals surface area contributed by atoms with Crippen LogP contribution in [0, 0.1) is 5.92 Å². The Morgan fingerprint density at radius 3 is 2.00 bits per heavy atom. The SMILES string of the molecule is CCCCC(C(=O)O)C(=O)O.[H-].[H-].[Mg+2]. The Balaban J connectivity index is -0.000000167. The van der Waals surface area contributed by atoms with Crippen LogP contribution < -0.4 is 0 Å². The molecule has 0 aromatic rings. The van der Waals surface area contributed by atoms with E-state index in [-0.39, 0.29) is 32.3 Å². The van der Waals surface area contributed by atoms with E-state index < -0.39 is 17.9 Å². The zero-order valence-electron chi connectivity index (χ0n) is 9.12. The fourth-order valence-corrected chi connectivity index (χ4v) is 0.761. The van der Waals surface area contributed by atoms with Gasteiger partial charge in [-0.2, -0.15) is 0 Å². The predicted octanol–water partition coefficient (Wildman–Crippen LogP) is 0.806. The molecule has 0 saturated carbocycles. The molecule has 0 radical (unpaired) electrons. The molecule has 0 spiro atoms. The maximum atomic E-state index is 10.3. The van der Waals surface area contributed by atoms with Crippen molar-refractivity contribution in [2.45, 2.75) is 26.2 Å². The molecule has 4 nitrogen and oxygen atoms in total. The first-order chi connectivity index (χ1) is 5.09. The van der Waals surface area contributed by atoms with Gasteiger partial charge in [-0.25, -0.2) is 0 Å². The van der Waals surface area contributed by atoms with Crippen molar-refractivity contribution in [1.82, 2.24) is 0 Å². The van der Waals surface area contributed by atoms with Crippen molar-refractivity contribution in [2.24, 2.45) is 5.92 Å². The molecule has 0 aliphatic rings. The van der Waals surface area contributed by atoms with Gasteiger partial charge in [0, 0.05) is 0 Å². The maximum absolute atomic E-state index is 10.3. The van der Waals surface area contributed by atoms with Crippen molar-refractivity contribution in [1.29, 1.82) is 0 Å². The Labute approximate surface area is 90.1 Å². The topological polar surface area (TPSA) is 74.6 Å². The van der Waals surface area contributed by atoms with E-state index in [1.54, 1.807) is 0 Å². The van der Waals surface area contributed by atoms with E-state index in [2.05, 4.69) is 0 Å². The second kappa shape index (κ2) is 7.36. The van der Waals surface area contributed by atoms with Crippen molar-refractivity contribution in [3.63, 3.8) is 0 Å². The smallest absolute Gasteiger partial charge is 1.00 e. The van der Waals surface area contributed by atoms with E-state index in [1.807, 2.05) is 6.92 Å². The van der Waals surface area contributed by atoms with Crippen molar-refractivity contribution in [3.05, 3.63) is 0 Å². The second-order valence-corrected chi connectivity index (χ2v) is 2.37. The minimum Gasteiger partial charge on any atom is -1.00 e. The molecule has 5 heteroatoms. The van der Waals surface area contributed by atoms with Crippen LogP contribution in [-0.2, 0) is 9.59 Å². The van der Waals surface area contributed by atoms with Crippen LogP contribution in [0.15, 0.2) is 0 Å². The predicted molar refractivity (Wildman–Crippen MR) is 46.3 cm³/mol. The van der Waals surface area contributed by atoms with Crippen LogP contribution in [0.2, 0.25) is 0 Å². The van der Waals surface area contributed by atoms with E-state index in [0.717, 1.165) is 6.42 Å². The molecular formula is C7H14MgO4. The van der Waals surface area contributed by atoms with Gasteiger partial charge in [-0.05, 0) is 6.42 Å². The Hall–Kier alpha value is -0.294. The van der Waals surface area contributed by atoms with E-state index in [4.69, 9.17) is 10.2 Å². The second-order valence-electron chi connectivity index (χ2n) is 2.37. The molecule has 0 aromatic carbocycles. The summed E-state index contributed by atoms with van der Waals surface area (Å²) < 4.78 is 0. The van der Waals surface area contributed by atoms with Gasteiger partial charge in [0.25, 0.3) is 0 Å². The van der Waals surface area contributed by atoms with Crippen LogP contribution in [-0.4, -0.2) is 45.2 Å². The molecule has 0 fully saturated rings. The first-order valence-electron chi connectivity index (χ1n) is 3.55. The van der Waals surface area contributed by atoms with Gasteiger partial charge in [-0.15, -0.1) is 0 Å². The van der Waals surface area contributed by atoms with Gasteiger partial charge >= 0.3 is 35.0 Å². The molecular weight excluding hydrogens is 172 g/mol. The molecule has 0 aliphatic carbocycles. The summed E-state index contributed by atoms with van der Waals surface area (Å²) in [7, 11) is 0. The largest absolute Gasteiger partial charge is 2.00 e. The molecule has 0 heterocycles. The molecule has 0 amide bonds. The quantitative estimate of drug-likeness (QED) is 0.492. The Kier molecular flexibility index (Phi) is 8.74. The fraction of sp³-hybridized carbons (Fsp3) is 0.714. The standard InChI is InChI=1S/C7H12O4.Mg.2H/c1-2-3-4-5(6(8)9)7(10)11;;;/h5H,2-4H2,1H3,(H,8,9)(H,10,11);;;/q;+2;2*-1. The van der Waals surface area contributed by atoms with E-state index >= 15 is 0 Å². The van der Waals surface area contributed by atoms with E-state index in [9.17, 15) is 9.59 Å². The number of unbranched alkanes of at least 4 members (excludes halogenated alkanes) is 1. The molecule has 0 atom stereocenters. The van der Waals surface area contributed by atoms with Gasteiger partial charge in [0.1, 0.15) is 0 Å². The molecule has 0 aromatic heterocycles. The van der Waals surface area contributed by atoms with Gasteiger partial charge in [0.05, 0.1) is 0 Å². The zero-order chi connectivity index (χ0) is 8.85. The number of aliphatic carboxylic acids is 2. The van der Waals surface area contributed by atoms with Crippen molar-refractivity contribution in [3.8, 4) is 0 Å². The summed E-state index contributed by atoms with van der Waals surface area (Å²) in [5, 5.41) is 16.8. The van der Waals surface area contributed by atoms with Crippen molar-refractivity contribution < 1.29 is 22.7 Å². The van der Waals surface area contributed by atoms with Crippen LogP contribution >= 0.6 is 0 Å². The van der Waals surface area contributed by atoms with E-state index in [0.29, 0.717) is 6.42 Å². The van der Waals surface area contributed by atoms with Crippen LogP contribution in [0.1, 0.15) is 29.0 Å². The summed E-state index contributed by atoms with van der Waals surface area (Å²) in [6.45, 7) is 1.89. The third-order valence-corrected chi connectivity index (χ3v) is 1.44.